The first-order valence-corrected chi connectivity index (χ1v) is 3.80. The Hall–Kier alpha value is -1.52. The van der Waals surface area contributed by atoms with Crippen LogP contribution in [0.1, 0.15) is 0 Å². The molecular formula is C7H11N5. The third-order valence-electron chi connectivity index (χ3n) is 1.92. The summed E-state index contributed by atoms with van der Waals surface area (Å²) in [6, 6.07) is 0. The summed E-state index contributed by atoms with van der Waals surface area (Å²) >= 11 is 0. The predicted octanol–water partition coefficient (Wildman–Crippen LogP) is 0.337. The van der Waals surface area contributed by atoms with Gasteiger partial charge in [-0.25, -0.2) is 9.97 Å². The molecule has 5 heteroatoms. The van der Waals surface area contributed by atoms with Crippen LogP contribution < -0.4 is 15.5 Å². The molecule has 1 aliphatic heterocycles. The lowest BCUT2D eigenvalue weighted by atomic mass is 10.4. The second-order valence-corrected chi connectivity index (χ2v) is 2.70. The van der Waals surface area contributed by atoms with Gasteiger partial charge in [0.05, 0.1) is 6.67 Å². The number of aromatic nitrogens is 2. The third kappa shape index (κ3) is 0.861. The second-order valence-electron chi connectivity index (χ2n) is 2.70. The maximum Gasteiger partial charge on any atom is 0.158 e. The van der Waals surface area contributed by atoms with Gasteiger partial charge in [0.15, 0.2) is 11.6 Å². The van der Waals surface area contributed by atoms with Crippen molar-refractivity contribution in [3.05, 3.63) is 6.33 Å². The molecular weight excluding hydrogens is 154 g/mol. The number of hydrogen-bond donors (Lipinski definition) is 2. The molecule has 0 aromatic carbocycles. The van der Waals surface area contributed by atoms with Gasteiger partial charge < -0.3 is 15.5 Å². The Bertz CT molecular complexity index is 298. The first-order valence-electron chi connectivity index (χ1n) is 3.80. The van der Waals surface area contributed by atoms with E-state index in [-0.39, 0.29) is 0 Å². The van der Waals surface area contributed by atoms with E-state index in [0.29, 0.717) is 0 Å². The maximum atomic E-state index is 4.16. The molecule has 1 aliphatic rings. The molecule has 0 spiro atoms. The van der Waals surface area contributed by atoms with Gasteiger partial charge in [0, 0.05) is 14.1 Å². The highest BCUT2D eigenvalue weighted by atomic mass is 15.3. The van der Waals surface area contributed by atoms with E-state index in [1.807, 2.05) is 19.0 Å². The van der Waals surface area contributed by atoms with Crippen LogP contribution >= 0.6 is 0 Å². The van der Waals surface area contributed by atoms with Crippen molar-refractivity contribution in [3.63, 3.8) is 0 Å². The fourth-order valence-electron chi connectivity index (χ4n) is 1.29. The van der Waals surface area contributed by atoms with Crippen molar-refractivity contribution in [2.75, 3.05) is 36.3 Å². The van der Waals surface area contributed by atoms with Crippen LogP contribution in [0.2, 0.25) is 0 Å². The molecule has 5 nitrogen and oxygen atoms in total. The zero-order chi connectivity index (χ0) is 8.55. The van der Waals surface area contributed by atoms with Crippen LogP contribution in [0.25, 0.3) is 0 Å². The summed E-state index contributed by atoms with van der Waals surface area (Å²) in [4.78, 5) is 10.3. The van der Waals surface area contributed by atoms with Crippen molar-refractivity contribution in [1.29, 1.82) is 0 Å². The van der Waals surface area contributed by atoms with Crippen LogP contribution in [0.15, 0.2) is 6.33 Å². The fourth-order valence-corrected chi connectivity index (χ4v) is 1.29. The molecule has 64 valence electrons. The van der Waals surface area contributed by atoms with Crippen molar-refractivity contribution in [2.45, 2.75) is 0 Å². The molecule has 0 saturated heterocycles. The SMILES string of the molecule is CNc1ncnc2c1NCN2C. The maximum absolute atomic E-state index is 4.16. The number of rotatable bonds is 1. The lowest BCUT2D eigenvalue weighted by Gasteiger charge is -2.08. The summed E-state index contributed by atoms with van der Waals surface area (Å²) in [6.45, 7) is 0.794. The van der Waals surface area contributed by atoms with Crippen LogP contribution in [-0.4, -0.2) is 30.7 Å². The van der Waals surface area contributed by atoms with Gasteiger partial charge in [-0.1, -0.05) is 0 Å². The fraction of sp³-hybridized carbons (Fsp3) is 0.429. The monoisotopic (exact) mass is 165 g/mol. The van der Waals surface area contributed by atoms with Gasteiger partial charge in [-0.05, 0) is 0 Å². The molecule has 0 bridgehead atoms. The number of hydrogen-bond acceptors (Lipinski definition) is 5. The first-order chi connectivity index (χ1) is 5.83. The minimum atomic E-state index is 0.794. The van der Waals surface area contributed by atoms with E-state index in [2.05, 4.69) is 20.6 Å². The van der Waals surface area contributed by atoms with Crippen LogP contribution in [0.5, 0.6) is 0 Å². The van der Waals surface area contributed by atoms with Crippen LogP contribution in [0.4, 0.5) is 17.3 Å². The van der Waals surface area contributed by atoms with Gasteiger partial charge in [-0.15, -0.1) is 0 Å². The summed E-state index contributed by atoms with van der Waals surface area (Å²) in [5.74, 6) is 1.80. The normalized spacial score (nSPS) is 14.0. The predicted molar refractivity (Wildman–Crippen MR) is 48.5 cm³/mol. The number of nitrogens with one attached hydrogen (secondary N) is 2. The minimum absolute atomic E-state index is 0.794. The standard InChI is InChI=1S/C7H11N5/c1-8-6-5-7(10-3-9-6)12(2)4-11-5/h3,11H,4H2,1-2H3,(H,8,9,10). The van der Waals surface area contributed by atoms with Crippen LogP contribution in [0, 0.1) is 0 Å². The van der Waals surface area contributed by atoms with Crippen molar-refractivity contribution < 1.29 is 0 Å². The summed E-state index contributed by atoms with van der Waals surface area (Å²) in [7, 11) is 3.84. The van der Waals surface area contributed by atoms with E-state index in [1.54, 1.807) is 6.33 Å². The molecule has 2 heterocycles. The summed E-state index contributed by atoms with van der Waals surface area (Å²) in [6.07, 6.45) is 1.56. The molecule has 0 saturated carbocycles. The zero-order valence-corrected chi connectivity index (χ0v) is 7.13. The molecule has 2 rings (SSSR count). The van der Waals surface area contributed by atoms with Gasteiger partial charge in [0.25, 0.3) is 0 Å². The molecule has 1 aromatic rings. The number of anilines is 3. The van der Waals surface area contributed by atoms with Crippen molar-refractivity contribution in [2.24, 2.45) is 0 Å². The highest BCUT2D eigenvalue weighted by Crippen LogP contribution is 2.32. The van der Waals surface area contributed by atoms with E-state index in [1.165, 1.54) is 0 Å². The van der Waals surface area contributed by atoms with E-state index >= 15 is 0 Å². The Morgan fingerprint density at radius 3 is 3.17 bits per heavy atom. The average molecular weight is 165 g/mol. The average Bonchev–Trinajstić information content (AvgIpc) is 2.48. The van der Waals surface area contributed by atoms with Gasteiger partial charge in [-0.2, -0.15) is 0 Å². The molecule has 0 aliphatic carbocycles. The zero-order valence-electron chi connectivity index (χ0n) is 7.13. The quantitative estimate of drug-likeness (QED) is 0.628. The Kier molecular flexibility index (Phi) is 1.49. The highest BCUT2D eigenvalue weighted by molar-refractivity contribution is 5.80. The van der Waals surface area contributed by atoms with Gasteiger partial charge in [-0.3, -0.25) is 0 Å². The highest BCUT2D eigenvalue weighted by Gasteiger charge is 2.19. The molecule has 0 unspecified atom stereocenters. The topological polar surface area (TPSA) is 53.1 Å². The largest absolute Gasteiger partial charge is 0.371 e. The lowest BCUT2D eigenvalue weighted by Crippen LogP contribution is -2.16. The third-order valence-corrected chi connectivity index (χ3v) is 1.92. The van der Waals surface area contributed by atoms with E-state index in [4.69, 9.17) is 0 Å². The van der Waals surface area contributed by atoms with E-state index in [9.17, 15) is 0 Å². The Morgan fingerprint density at radius 1 is 1.58 bits per heavy atom. The molecule has 2 N–H and O–H groups in total. The first kappa shape index (κ1) is 7.15. The summed E-state index contributed by atoms with van der Waals surface area (Å²) in [5.41, 5.74) is 0.988. The molecule has 0 atom stereocenters. The summed E-state index contributed by atoms with van der Waals surface area (Å²) in [5, 5.41) is 6.22. The Labute approximate surface area is 70.8 Å². The van der Waals surface area contributed by atoms with Crippen LogP contribution in [-0.2, 0) is 0 Å². The Morgan fingerprint density at radius 2 is 2.42 bits per heavy atom. The van der Waals surface area contributed by atoms with Crippen molar-refractivity contribution >= 4 is 17.3 Å². The molecule has 0 amide bonds. The van der Waals surface area contributed by atoms with Gasteiger partial charge >= 0.3 is 0 Å². The molecule has 0 radical (unpaired) electrons. The van der Waals surface area contributed by atoms with Crippen molar-refractivity contribution in [1.82, 2.24) is 9.97 Å². The number of nitrogens with zero attached hydrogens (tertiary/aromatic N) is 3. The smallest absolute Gasteiger partial charge is 0.158 e. The number of fused-ring (bicyclic) bond motifs is 1. The van der Waals surface area contributed by atoms with Crippen LogP contribution in [0.3, 0.4) is 0 Å². The van der Waals surface area contributed by atoms with Crippen molar-refractivity contribution in [3.8, 4) is 0 Å². The Balaban J connectivity index is 2.50. The van der Waals surface area contributed by atoms with E-state index < -0.39 is 0 Å². The van der Waals surface area contributed by atoms with Gasteiger partial charge in [0.2, 0.25) is 0 Å². The lowest BCUT2D eigenvalue weighted by molar-refractivity contribution is 1.00. The molecule has 0 fully saturated rings. The molecule has 12 heavy (non-hydrogen) atoms. The van der Waals surface area contributed by atoms with E-state index in [0.717, 1.165) is 24.0 Å². The van der Waals surface area contributed by atoms with Gasteiger partial charge in [0.1, 0.15) is 12.0 Å². The molecule has 1 aromatic heterocycles. The second kappa shape index (κ2) is 2.51. The summed E-state index contributed by atoms with van der Waals surface area (Å²) < 4.78 is 0. The minimum Gasteiger partial charge on any atom is -0.371 e.